The van der Waals surface area contributed by atoms with Gasteiger partial charge in [0, 0.05) is 6.20 Å². The van der Waals surface area contributed by atoms with Crippen LogP contribution in [0.2, 0.25) is 0 Å². The number of aromatic nitrogens is 1. The van der Waals surface area contributed by atoms with Gasteiger partial charge in [-0.3, -0.25) is 14.4 Å². The summed E-state index contributed by atoms with van der Waals surface area (Å²) >= 11 is 0. The number of hydrogen-bond donors (Lipinski definition) is 3. The Balaban J connectivity index is 1.71. The summed E-state index contributed by atoms with van der Waals surface area (Å²) in [6.45, 7) is 7.68. The molecule has 208 valence electrons. The molecule has 3 N–H and O–H groups in total. The zero-order valence-corrected chi connectivity index (χ0v) is 23.1. The normalized spacial score (nSPS) is 12.1. The highest BCUT2D eigenvalue weighted by Crippen LogP contribution is 2.16. The van der Waals surface area contributed by atoms with E-state index in [0.717, 1.165) is 22.4 Å². The first-order valence-corrected chi connectivity index (χ1v) is 12.9. The van der Waals surface area contributed by atoms with Gasteiger partial charge in [-0.2, -0.15) is 5.48 Å². The number of pyridine rings is 1. The predicted octanol–water partition coefficient (Wildman–Crippen LogP) is 3.88. The number of esters is 1. The van der Waals surface area contributed by atoms with Crippen molar-refractivity contribution < 1.29 is 24.3 Å². The number of carbonyl (C=O) groups excluding carboxylic acids is 2. The highest BCUT2D eigenvalue weighted by Gasteiger charge is 2.22. The zero-order chi connectivity index (χ0) is 28.6. The quantitative estimate of drug-likeness (QED) is 0.252. The number of nitrogens with one attached hydrogen (secondary N) is 2. The van der Waals surface area contributed by atoms with E-state index >= 15 is 0 Å². The number of amides is 1. The van der Waals surface area contributed by atoms with E-state index < -0.39 is 17.6 Å². The second-order valence-electron chi connectivity index (χ2n) is 10.3. The van der Waals surface area contributed by atoms with Crippen molar-refractivity contribution >= 4 is 17.6 Å². The van der Waals surface area contributed by atoms with Crippen molar-refractivity contribution in [1.82, 2.24) is 10.0 Å². The van der Waals surface area contributed by atoms with Crippen molar-refractivity contribution in [2.24, 2.45) is 0 Å². The summed E-state index contributed by atoms with van der Waals surface area (Å²) in [5.41, 5.74) is 4.51. The minimum absolute atomic E-state index is 0.135. The molecular weight excluding hydrogens is 498 g/mol. The first-order chi connectivity index (χ1) is 18.5. The summed E-state index contributed by atoms with van der Waals surface area (Å²) in [5, 5.41) is 12.5. The van der Waals surface area contributed by atoms with Gasteiger partial charge in [-0.15, -0.1) is 0 Å². The van der Waals surface area contributed by atoms with E-state index in [2.05, 4.69) is 10.8 Å². The number of ether oxygens (including phenoxy) is 2. The number of benzene rings is 2. The molecule has 0 fully saturated rings. The van der Waals surface area contributed by atoms with Crippen LogP contribution >= 0.6 is 0 Å². The van der Waals surface area contributed by atoms with Crippen LogP contribution in [-0.2, 0) is 40.1 Å². The Hall–Kier alpha value is -3.95. The Kier molecular flexibility index (Phi) is 10.0. The summed E-state index contributed by atoms with van der Waals surface area (Å²) in [5.74, 6) is -0.137. The lowest BCUT2D eigenvalue weighted by molar-refractivity contribution is -0.153. The maximum Gasteiger partial charge on any atom is 0.310 e. The Morgan fingerprint density at radius 1 is 0.974 bits per heavy atom. The summed E-state index contributed by atoms with van der Waals surface area (Å²) in [4.78, 5) is 38.5. The second kappa shape index (κ2) is 13.2. The lowest BCUT2D eigenvalue weighted by Crippen LogP contribution is -2.42. The smallest absolute Gasteiger partial charge is 0.310 e. The van der Waals surface area contributed by atoms with Gasteiger partial charge < -0.3 is 24.6 Å². The van der Waals surface area contributed by atoms with Crippen molar-refractivity contribution in [3.8, 4) is 5.75 Å². The maximum absolute atomic E-state index is 13.3. The minimum atomic E-state index is -0.999. The summed E-state index contributed by atoms with van der Waals surface area (Å²) in [7, 11) is 1.59. The van der Waals surface area contributed by atoms with Crippen LogP contribution < -0.4 is 21.1 Å². The third-order valence-electron chi connectivity index (χ3n) is 6.10. The number of carbonyl (C=O) groups is 2. The van der Waals surface area contributed by atoms with Crippen molar-refractivity contribution in [2.75, 3.05) is 12.4 Å². The molecule has 3 rings (SSSR count). The van der Waals surface area contributed by atoms with Crippen LogP contribution in [0.25, 0.3) is 0 Å². The van der Waals surface area contributed by atoms with E-state index in [1.165, 1.54) is 4.57 Å². The molecule has 0 spiro atoms. The minimum Gasteiger partial charge on any atom is -0.497 e. The van der Waals surface area contributed by atoms with Gasteiger partial charge in [-0.1, -0.05) is 43.3 Å². The van der Waals surface area contributed by atoms with E-state index in [1.807, 2.05) is 58.0 Å². The largest absolute Gasteiger partial charge is 0.497 e. The number of nitrogens with zero attached hydrogens (tertiary/aromatic N) is 1. The van der Waals surface area contributed by atoms with Gasteiger partial charge in [0.1, 0.15) is 23.1 Å². The number of rotatable bonds is 11. The molecule has 0 unspecified atom stereocenters. The molecule has 0 saturated carbocycles. The van der Waals surface area contributed by atoms with Crippen LogP contribution in [0.4, 0.5) is 5.69 Å². The molecule has 0 aliphatic carbocycles. The molecule has 0 bridgehead atoms. The van der Waals surface area contributed by atoms with Crippen LogP contribution in [0.3, 0.4) is 0 Å². The third kappa shape index (κ3) is 8.53. The number of methoxy groups -OCH3 is 1. The van der Waals surface area contributed by atoms with Crippen molar-refractivity contribution in [3.63, 3.8) is 0 Å². The molecule has 1 amide bonds. The Bertz CT molecular complexity index is 1320. The highest BCUT2D eigenvalue weighted by molar-refractivity contribution is 5.95. The van der Waals surface area contributed by atoms with E-state index in [0.29, 0.717) is 18.5 Å². The number of anilines is 1. The molecule has 9 heteroatoms. The van der Waals surface area contributed by atoms with Gasteiger partial charge in [0.15, 0.2) is 0 Å². The first kappa shape index (κ1) is 29.6. The number of aryl methyl sites for hydroxylation is 1. The highest BCUT2D eigenvalue weighted by atomic mass is 16.6. The fraction of sp³-hybridized carbons (Fsp3) is 0.367. The van der Waals surface area contributed by atoms with Crippen LogP contribution in [0.15, 0.2) is 65.6 Å². The molecule has 9 nitrogen and oxygen atoms in total. The van der Waals surface area contributed by atoms with E-state index in [1.54, 1.807) is 37.6 Å². The van der Waals surface area contributed by atoms with Crippen LogP contribution in [0, 0.1) is 0 Å². The lowest BCUT2D eigenvalue weighted by Gasteiger charge is -2.19. The standard InChI is InChI=1S/C30H37N3O6/c1-6-23-15-16-33(19-22-11-13-24(38-5)14-12-22)29(36)27(23)31-28(35)25(32-37)17-20-7-9-21(10-8-20)18-26(34)39-30(2,3)4/h7-16,25,32,37H,6,17-19H2,1-5H3,(H,31,35)/t25-/m0/s1. The lowest BCUT2D eigenvalue weighted by atomic mass is 10.0. The van der Waals surface area contributed by atoms with Gasteiger partial charge in [0.05, 0.1) is 20.1 Å². The van der Waals surface area contributed by atoms with Gasteiger partial charge in [0.25, 0.3) is 5.56 Å². The Labute approximate surface area is 228 Å². The molecule has 0 radical (unpaired) electrons. The summed E-state index contributed by atoms with van der Waals surface area (Å²) < 4.78 is 12.1. The molecule has 0 aliphatic heterocycles. The molecule has 0 aliphatic rings. The first-order valence-electron chi connectivity index (χ1n) is 12.9. The van der Waals surface area contributed by atoms with Crippen LogP contribution in [0.5, 0.6) is 5.75 Å². The Morgan fingerprint density at radius 2 is 1.59 bits per heavy atom. The third-order valence-corrected chi connectivity index (χ3v) is 6.10. The number of hydroxylamine groups is 1. The van der Waals surface area contributed by atoms with Crippen molar-refractivity contribution in [3.05, 3.63) is 93.4 Å². The maximum atomic E-state index is 13.3. The fourth-order valence-corrected chi connectivity index (χ4v) is 4.07. The molecule has 0 saturated heterocycles. The van der Waals surface area contributed by atoms with Gasteiger partial charge in [-0.25, -0.2) is 0 Å². The van der Waals surface area contributed by atoms with Crippen LogP contribution in [0.1, 0.15) is 49.9 Å². The average molecular weight is 536 g/mol. The van der Waals surface area contributed by atoms with Gasteiger partial charge in [-0.05, 0) is 74.1 Å². The summed E-state index contributed by atoms with van der Waals surface area (Å²) in [6.07, 6.45) is 2.56. The van der Waals surface area contributed by atoms with Gasteiger partial charge >= 0.3 is 5.97 Å². The predicted molar refractivity (Wildman–Crippen MR) is 149 cm³/mol. The fourth-order valence-electron chi connectivity index (χ4n) is 4.07. The molecular formula is C30H37N3O6. The SMILES string of the molecule is CCc1ccn(Cc2ccc(OC)cc2)c(=O)c1NC(=O)[C@H](Cc1ccc(CC(=O)OC(C)(C)C)cc1)NO. The molecule has 1 heterocycles. The molecule has 39 heavy (non-hydrogen) atoms. The zero-order valence-electron chi connectivity index (χ0n) is 23.1. The molecule has 1 aromatic heterocycles. The van der Waals surface area contributed by atoms with E-state index in [9.17, 15) is 19.6 Å². The Morgan fingerprint density at radius 3 is 2.15 bits per heavy atom. The van der Waals surface area contributed by atoms with Gasteiger partial charge in [0.2, 0.25) is 5.91 Å². The van der Waals surface area contributed by atoms with Crippen molar-refractivity contribution in [2.45, 2.75) is 65.1 Å². The van der Waals surface area contributed by atoms with Crippen molar-refractivity contribution in [1.29, 1.82) is 0 Å². The van der Waals surface area contributed by atoms with Crippen LogP contribution in [-0.4, -0.2) is 40.4 Å². The van der Waals surface area contributed by atoms with E-state index in [4.69, 9.17) is 9.47 Å². The van der Waals surface area contributed by atoms with E-state index in [-0.39, 0.29) is 30.1 Å². The molecule has 2 aromatic carbocycles. The second-order valence-corrected chi connectivity index (χ2v) is 10.3. The summed E-state index contributed by atoms with van der Waals surface area (Å²) in [6, 6.07) is 15.4. The molecule has 1 atom stereocenters. The number of hydrogen-bond acceptors (Lipinski definition) is 7. The molecule has 3 aromatic rings. The monoisotopic (exact) mass is 535 g/mol. The topological polar surface area (TPSA) is 119 Å². The average Bonchev–Trinajstić information content (AvgIpc) is 2.89.